The molecule has 3 N–H and O–H groups in total. The maximum Gasteiger partial charge on any atom is 0.110 e. The fourth-order valence-electron chi connectivity index (χ4n) is 1.79. The summed E-state index contributed by atoms with van der Waals surface area (Å²) in [5.41, 5.74) is 9.00. The molecule has 0 saturated heterocycles. The average molecular weight is 201 g/mol. The predicted octanol–water partition coefficient (Wildman–Crippen LogP) is 2.67. The molecule has 0 bridgehead atoms. The van der Waals surface area contributed by atoms with Crippen LogP contribution in [0.4, 0.5) is 17.2 Å². The SMILES string of the molecule is Cc1cccc(N)c1N(C)c1ccc[nH]1. The van der Waals surface area contributed by atoms with Crippen molar-refractivity contribution in [1.29, 1.82) is 0 Å². The van der Waals surface area contributed by atoms with Gasteiger partial charge in [-0.2, -0.15) is 0 Å². The molecule has 0 fully saturated rings. The van der Waals surface area contributed by atoms with Gasteiger partial charge in [-0.1, -0.05) is 12.1 Å². The minimum Gasteiger partial charge on any atom is -0.397 e. The van der Waals surface area contributed by atoms with E-state index in [1.165, 1.54) is 5.56 Å². The van der Waals surface area contributed by atoms with E-state index in [0.717, 1.165) is 17.2 Å². The number of H-pyrrole nitrogens is 1. The number of nitrogen functional groups attached to an aromatic ring is 1. The Labute approximate surface area is 89.5 Å². The number of aryl methyl sites for hydroxylation is 1. The first-order valence-corrected chi connectivity index (χ1v) is 4.92. The number of benzene rings is 1. The van der Waals surface area contributed by atoms with Crippen molar-refractivity contribution in [2.45, 2.75) is 6.92 Å². The molecule has 1 aromatic heterocycles. The van der Waals surface area contributed by atoms with Crippen LogP contribution in [0.1, 0.15) is 5.56 Å². The number of nitrogens with zero attached hydrogens (tertiary/aromatic N) is 1. The molecule has 3 heteroatoms. The van der Waals surface area contributed by atoms with Gasteiger partial charge >= 0.3 is 0 Å². The van der Waals surface area contributed by atoms with Crippen LogP contribution in [0.3, 0.4) is 0 Å². The van der Waals surface area contributed by atoms with Gasteiger partial charge in [0.2, 0.25) is 0 Å². The van der Waals surface area contributed by atoms with Crippen molar-refractivity contribution in [3.63, 3.8) is 0 Å². The Morgan fingerprint density at radius 2 is 2.00 bits per heavy atom. The Balaban J connectivity index is 2.46. The molecule has 2 aromatic rings. The number of rotatable bonds is 2. The first kappa shape index (κ1) is 9.65. The molecule has 0 aliphatic carbocycles. The van der Waals surface area contributed by atoms with Crippen LogP contribution >= 0.6 is 0 Å². The van der Waals surface area contributed by atoms with E-state index in [9.17, 15) is 0 Å². The first-order valence-electron chi connectivity index (χ1n) is 4.92. The van der Waals surface area contributed by atoms with Crippen LogP contribution in [0.25, 0.3) is 0 Å². The zero-order valence-electron chi connectivity index (χ0n) is 8.99. The molecule has 0 radical (unpaired) electrons. The van der Waals surface area contributed by atoms with Gasteiger partial charge in [0, 0.05) is 13.2 Å². The van der Waals surface area contributed by atoms with Gasteiger partial charge in [-0.25, -0.2) is 0 Å². The van der Waals surface area contributed by atoms with Crippen LogP contribution < -0.4 is 10.6 Å². The van der Waals surface area contributed by atoms with E-state index >= 15 is 0 Å². The number of aromatic nitrogens is 1. The molecule has 0 atom stereocenters. The number of hydrogen-bond acceptors (Lipinski definition) is 2. The minimum atomic E-state index is 0.798. The summed E-state index contributed by atoms with van der Waals surface area (Å²) >= 11 is 0. The Bertz CT molecular complexity index is 426. The molecule has 0 amide bonds. The van der Waals surface area contributed by atoms with Crippen LogP contribution in [-0.2, 0) is 0 Å². The summed E-state index contributed by atoms with van der Waals surface area (Å²) in [6.07, 6.45) is 1.90. The van der Waals surface area contributed by atoms with Crippen molar-refractivity contribution in [2.24, 2.45) is 0 Å². The van der Waals surface area contributed by atoms with Crippen LogP contribution in [0.15, 0.2) is 36.5 Å². The van der Waals surface area contributed by atoms with E-state index in [0.29, 0.717) is 0 Å². The lowest BCUT2D eigenvalue weighted by atomic mass is 10.1. The van der Waals surface area contributed by atoms with Gasteiger partial charge < -0.3 is 15.6 Å². The third-order valence-corrected chi connectivity index (χ3v) is 2.55. The van der Waals surface area contributed by atoms with Crippen molar-refractivity contribution in [1.82, 2.24) is 4.98 Å². The summed E-state index contributed by atoms with van der Waals surface area (Å²) in [6, 6.07) is 9.94. The van der Waals surface area contributed by atoms with E-state index in [1.807, 2.05) is 37.5 Å². The third-order valence-electron chi connectivity index (χ3n) is 2.55. The molecule has 2 rings (SSSR count). The van der Waals surface area contributed by atoms with Crippen molar-refractivity contribution in [3.8, 4) is 0 Å². The molecule has 0 spiro atoms. The standard InChI is InChI=1S/C12H15N3/c1-9-5-3-6-10(13)12(9)15(2)11-7-4-8-14-11/h3-8,14H,13H2,1-2H3. The molecule has 1 aromatic carbocycles. The normalized spacial score (nSPS) is 10.3. The second-order valence-corrected chi connectivity index (χ2v) is 3.63. The van der Waals surface area contributed by atoms with Gasteiger partial charge in [-0.15, -0.1) is 0 Å². The van der Waals surface area contributed by atoms with Gasteiger partial charge in [0.05, 0.1) is 11.4 Å². The quantitative estimate of drug-likeness (QED) is 0.734. The monoisotopic (exact) mass is 201 g/mol. The van der Waals surface area contributed by atoms with Crippen LogP contribution in [0, 0.1) is 6.92 Å². The van der Waals surface area contributed by atoms with Crippen molar-refractivity contribution in [2.75, 3.05) is 17.7 Å². The Hall–Kier alpha value is -1.90. The summed E-state index contributed by atoms with van der Waals surface area (Å²) in [5, 5.41) is 0. The van der Waals surface area contributed by atoms with Gasteiger partial charge in [0.1, 0.15) is 5.82 Å². The summed E-state index contributed by atoms with van der Waals surface area (Å²) in [5.74, 6) is 1.04. The molecule has 0 saturated carbocycles. The fraction of sp³-hybridized carbons (Fsp3) is 0.167. The largest absolute Gasteiger partial charge is 0.397 e. The molecule has 0 aliphatic heterocycles. The topological polar surface area (TPSA) is 45.0 Å². The van der Waals surface area contributed by atoms with Gasteiger partial charge in [0.25, 0.3) is 0 Å². The summed E-state index contributed by atoms with van der Waals surface area (Å²) in [7, 11) is 2.00. The lowest BCUT2D eigenvalue weighted by Crippen LogP contribution is -2.13. The molecule has 0 aliphatic rings. The molecule has 3 nitrogen and oxygen atoms in total. The highest BCUT2D eigenvalue weighted by atomic mass is 15.2. The fourth-order valence-corrected chi connectivity index (χ4v) is 1.79. The lowest BCUT2D eigenvalue weighted by Gasteiger charge is -2.21. The molecule has 1 heterocycles. The Kier molecular flexibility index (Phi) is 2.37. The molecule has 0 unspecified atom stereocenters. The van der Waals surface area contributed by atoms with E-state index < -0.39 is 0 Å². The van der Waals surface area contributed by atoms with Gasteiger partial charge in [-0.05, 0) is 30.7 Å². The zero-order chi connectivity index (χ0) is 10.8. The molecule has 78 valence electrons. The third kappa shape index (κ3) is 1.68. The second kappa shape index (κ2) is 3.69. The highest BCUT2D eigenvalue weighted by Gasteiger charge is 2.10. The van der Waals surface area contributed by atoms with E-state index in [1.54, 1.807) is 0 Å². The molecule has 15 heavy (non-hydrogen) atoms. The first-order chi connectivity index (χ1) is 7.20. The number of nitrogens with two attached hydrogens (primary N) is 1. The maximum absolute atomic E-state index is 5.97. The lowest BCUT2D eigenvalue weighted by molar-refractivity contribution is 1.14. The summed E-state index contributed by atoms with van der Waals surface area (Å²) in [4.78, 5) is 5.22. The highest BCUT2D eigenvalue weighted by molar-refractivity contribution is 5.76. The Morgan fingerprint density at radius 1 is 1.20 bits per heavy atom. The van der Waals surface area contributed by atoms with Crippen molar-refractivity contribution >= 4 is 17.2 Å². The second-order valence-electron chi connectivity index (χ2n) is 3.63. The van der Waals surface area contributed by atoms with Crippen molar-refractivity contribution in [3.05, 3.63) is 42.1 Å². The summed E-state index contributed by atoms with van der Waals surface area (Å²) in [6.45, 7) is 2.06. The summed E-state index contributed by atoms with van der Waals surface area (Å²) < 4.78 is 0. The van der Waals surface area contributed by atoms with Crippen molar-refractivity contribution < 1.29 is 0 Å². The van der Waals surface area contributed by atoms with E-state index in [-0.39, 0.29) is 0 Å². The Morgan fingerprint density at radius 3 is 2.60 bits per heavy atom. The molecular weight excluding hydrogens is 186 g/mol. The smallest absolute Gasteiger partial charge is 0.110 e. The number of nitrogens with one attached hydrogen (secondary N) is 1. The minimum absolute atomic E-state index is 0.798. The zero-order valence-corrected chi connectivity index (χ0v) is 8.99. The van der Waals surface area contributed by atoms with E-state index in [4.69, 9.17) is 5.73 Å². The van der Waals surface area contributed by atoms with Gasteiger partial charge in [-0.3, -0.25) is 0 Å². The van der Waals surface area contributed by atoms with E-state index in [2.05, 4.69) is 22.9 Å². The van der Waals surface area contributed by atoms with Crippen LogP contribution in [0.5, 0.6) is 0 Å². The maximum atomic E-state index is 5.97. The predicted molar refractivity (Wildman–Crippen MR) is 64.4 cm³/mol. The number of anilines is 3. The average Bonchev–Trinajstić information content (AvgIpc) is 2.69. The number of aromatic amines is 1. The number of hydrogen-bond donors (Lipinski definition) is 2. The van der Waals surface area contributed by atoms with Gasteiger partial charge in [0.15, 0.2) is 0 Å². The van der Waals surface area contributed by atoms with Crippen LogP contribution in [-0.4, -0.2) is 12.0 Å². The number of para-hydroxylation sites is 1. The van der Waals surface area contributed by atoms with Crippen LogP contribution in [0.2, 0.25) is 0 Å². The molecular formula is C12H15N3. The highest BCUT2D eigenvalue weighted by Crippen LogP contribution is 2.30.